The number of hydrogen-bond donors (Lipinski definition) is 1. The summed E-state index contributed by atoms with van der Waals surface area (Å²) in [6, 6.07) is 5.56. The normalized spacial score (nSPS) is 13.0. The molecule has 3 aromatic rings. The molecule has 0 spiro atoms. The predicted octanol–water partition coefficient (Wildman–Crippen LogP) is 2.95. The van der Waals surface area contributed by atoms with Crippen LogP contribution in [0.4, 0.5) is 0 Å². The Morgan fingerprint density at radius 2 is 2.27 bits per heavy atom. The Hall–Kier alpha value is -2.19. The number of carbonyl (C=O) groups is 1. The van der Waals surface area contributed by atoms with Crippen LogP contribution in [0.1, 0.15) is 32.9 Å². The number of aromatic nitrogens is 2. The highest BCUT2D eigenvalue weighted by Crippen LogP contribution is 2.29. The van der Waals surface area contributed by atoms with Crippen LogP contribution in [0.3, 0.4) is 0 Å². The Morgan fingerprint density at radius 3 is 3.08 bits per heavy atom. The third-order valence-corrected chi connectivity index (χ3v) is 6.13. The minimum atomic E-state index is -0.433. The molecule has 0 aliphatic heterocycles. The van der Waals surface area contributed by atoms with E-state index >= 15 is 0 Å². The van der Waals surface area contributed by atoms with Crippen molar-refractivity contribution in [2.75, 3.05) is 7.11 Å². The van der Waals surface area contributed by atoms with E-state index < -0.39 is 5.91 Å². The van der Waals surface area contributed by atoms with Gasteiger partial charge in [-0.2, -0.15) is 0 Å². The number of benzene rings is 1. The van der Waals surface area contributed by atoms with Crippen molar-refractivity contribution in [1.82, 2.24) is 14.7 Å². The summed E-state index contributed by atoms with van der Waals surface area (Å²) in [5.74, 6) is 0.242. The number of carbonyl (C=O) groups excluding carboxylic acids is 1. The zero-order valence-electron chi connectivity index (χ0n) is 14.0. The Kier molecular flexibility index (Phi) is 4.54. The van der Waals surface area contributed by atoms with Gasteiger partial charge in [0.05, 0.1) is 7.11 Å². The van der Waals surface area contributed by atoms with Gasteiger partial charge in [-0.15, -0.1) is 11.3 Å². The monoisotopic (exact) mass is 433 g/mol. The molecule has 1 aliphatic rings. The average molecular weight is 434 g/mol. The van der Waals surface area contributed by atoms with E-state index in [0.29, 0.717) is 10.7 Å². The molecule has 26 heavy (non-hydrogen) atoms. The van der Waals surface area contributed by atoms with E-state index in [1.807, 2.05) is 18.2 Å². The molecule has 134 valence electrons. The zero-order valence-corrected chi connectivity index (χ0v) is 16.4. The summed E-state index contributed by atoms with van der Waals surface area (Å²) in [6.45, 7) is 0.255. The topological polar surface area (TPSA) is 72.7 Å². The maximum absolute atomic E-state index is 12.8. The summed E-state index contributed by atoms with van der Waals surface area (Å²) in [4.78, 5) is 31.6. The van der Waals surface area contributed by atoms with Gasteiger partial charge in [0.1, 0.15) is 11.3 Å². The first-order valence-corrected chi connectivity index (χ1v) is 9.82. The Labute approximate surface area is 162 Å². The summed E-state index contributed by atoms with van der Waals surface area (Å²) >= 11 is 4.95. The first kappa shape index (κ1) is 17.2. The van der Waals surface area contributed by atoms with Crippen LogP contribution in [0.15, 0.2) is 33.7 Å². The molecular weight excluding hydrogens is 418 g/mol. The summed E-state index contributed by atoms with van der Waals surface area (Å²) in [6.07, 6.45) is 4.25. The number of fused-ring (bicyclic) bond motifs is 3. The fraction of sp³-hybridized carbons (Fsp3) is 0.278. The lowest BCUT2D eigenvalue weighted by atomic mass is 10.2. The lowest BCUT2D eigenvalue weighted by Gasteiger charge is -2.10. The van der Waals surface area contributed by atoms with Crippen molar-refractivity contribution in [2.45, 2.75) is 25.8 Å². The molecule has 0 bridgehead atoms. The molecule has 0 fully saturated rings. The van der Waals surface area contributed by atoms with Crippen LogP contribution in [-0.2, 0) is 19.4 Å². The quantitative estimate of drug-likeness (QED) is 0.686. The van der Waals surface area contributed by atoms with Gasteiger partial charge in [-0.1, -0.05) is 15.9 Å². The van der Waals surface area contributed by atoms with Crippen LogP contribution in [0.2, 0.25) is 0 Å². The first-order valence-electron chi connectivity index (χ1n) is 8.21. The summed E-state index contributed by atoms with van der Waals surface area (Å²) in [5.41, 5.74) is 1.59. The van der Waals surface area contributed by atoms with E-state index in [1.165, 1.54) is 22.4 Å². The van der Waals surface area contributed by atoms with Crippen LogP contribution in [0.25, 0.3) is 4.96 Å². The Morgan fingerprint density at radius 1 is 1.42 bits per heavy atom. The lowest BCUT2D eigenvalue weighted by molar-refractivity contribution is 0.0948. The van der Waals surface area contributed by atoms with E-state index in [-0.39, 0.29) is 17.7 Å². The van der Waals surface area contributed by atoms with E-state index in [1.54, 1.807) is 11.5 Å². The van der Waals surface area contributed by atoms with Gasteiger partial charge >= 0.3 is 0 Å². The van der Waals surface area contributed by atoms with Crippen molar-refractivity contribution in [3.63, 3.8) is 0 Å². The molecule has 0 saturated heterocycles. The van der Waals surface area contributed by atoms with E-state index in [4.69, 9.17) is 4.74 Å². The molecule has 4 rings (SSSR count). The fourth-order valence-electron chi connectivity index (χ4n) is 3.22. The number of nitrogens with one attached hydrogen (secondary N) is 1. The first-order chi connectivity index (χ1) is 12.6. The van der Waals surface area contributed by atoms with Crippen LogP contribution in [-0.4, -0.2) is 22.4 Å². The van der Waals surface area contributed by atoms with Gasteiger partial charge in [-0.05, 0) is 37.5 Å². The molecule has 0 saturated carbocycles. The predicted molar refractivity (Wildman–Crippen MR) is 103 cm³/mol. The van der Waals surface area contributed by atoms with Gasteiger partial charge in [0.25, 0.3) is 11.5 Å². The van der Waals surface area contributed by atoms with Crippen LogP contribution in [0, 0.1) is 0 Å². The fourth-order valence-corrected chi connectivity index (χ4v) is 4.79. The number of hydrogen-bond acceptors (Lipinski definition) is 5. The van der Waals surface area contributed by atoms with Gasteiger partial charge in [0, 0.05) is 33.3 Å². The summed E-state index contributed by atoms with van der Waals surface area (Å²) < 4.78 is 7.80. The molecule has 2 aromatic heterocycles. The molecule has 0 atom stereocenters. The number of methoxy groups -OCH3 is 1. The number of rotatable bonds is 4. The molecule has 1 amide bonds. The second-order valence-corrected chi connectivity index (χ2v) is 8.04. The third kappa shape index (κ3) is 2.93. The number of aryl methyl sites for hydroxylation is 2. The van der Waals surface area contributed by atoms with Crippen molar-refractivity contribution in [2.24, 2.45) is 0 Å². The second kappa shape index (κ2) is 6.85. The van der Waals surface area contributed by atoms with Crippen LogP contribution < -0.4 is 15.6 Å². The number of halogens is 1. The van der Waals surface area contributed by atoms with Crippen molar-refractivity contribution < 1.29 is 9.53 Å². The van der Waals surface area contributed by atoms with Crippen molar-refractivity contribution >= 4 is 38.1 Å². The SMILES string of the molecule is COc1ccc(Br)cc1CNC(=O)c1cnc2sc3c(n2c1=O)CCC3. The molecule has 1 aliphatic carbocycles. The van der Waals surface area contributed by atoms with Gasteiger partial charge in [0.2, 0.25) is 0 Å². The average Bonchev–Trinajstić information content (AvgIpc) is 3.21. The van der Waals surface area contributed by atoms with Gasteiger partial charge in [-0.25, -0.2) is 4.98 Å². The van der Waals surface area contributed by atoms with Gasteiger partial charge in [-0.3, -0.25) is 14.0 Å². The Balaban J connectivity index is 1.62. The van der Waals surface area contributed by atoms with E-state index in [9.17, 15) is 9.59 Å². The number of ether oxygens (including phenoxy) is 1. The zero-order chi connectivity index (χ0) is 18.3. The molecule has 1 N–H and O–H groups in total. The molecular formula is C18H16BrN3O3S. The van der Waals surface area contributed by atoms with Crippen LogP contribution in [0.5, 0.6) is 5.75 Å². The third-order valence-electron chi connectivity index (χ3n) is 4.48. The highest BCUT2D eigenvalue weighted by molar-refractivity contribution is 9.10. The minimum absolute atomic E-state index is 0.0592. The van der Waals surface area contributed by atoms with Crippen molar-refractivity contribution in [1.29, 1.82) is 0 Å². The van der Waals surface area contributed by atoms with Gasteiger partial charge < -0.3 is 10.1 Å². The molecule has 2 heterocycles. The molecule has 0 unspecified atom stereocenters. The second-order valence-electron chi connectivity index (χ2n) is 6.06. The van der Waals surface area contributed by atoms with Crippen LogP contribution >= 0.6 is 27.3 Å². The maximum Gasteiger partial charge on any atom is 0.271 e. The maximum atomic E-state index is 12.8. The molecule has 1 aromatic carbocycles. The summed E-state index contributed by atoms with van der Waals surface area (Å²) in [5, 5.41) is 2.79. The smallest absolute Gasteiger partial charge is 0.271 e. The van der Waals surface area contributed by atoms with E-state index in [0.717, 1.165) is 35.0 Å². The van der Waals surface area contributed by atoms with Crippen molar-refractivity contribution in [3.05, 3.63) is 60.9 Å². The Bertz CT molecular complexity index is 1070. The van der Waals surface area contributed by atoms with E-state index in [2.05, 4.69) is 26.2 Å². The molecule has 8 heteroatoms. The minimum Gasteiger partial charge on any atom is -0.496 e. The van der Waals surface area contributed by atoms with Gasteiger partial charge in [0.15, 0.2) is 4.96 Å². The number of nitrogens with zero attached hydrogens (tertiary/aromatic N) is 2. The standard InChI is InChI=1S/C18H16BrN3O3S/c1-25-14-6-5-11(19)7-10(14)8-20-16(23)12-9-21-18-22(17(12)24)13-3-2-4-15(13)26-18/h5-7,9H,2-4,8H2,1H3,(H,20,23). The molecule has 6 nitrogen and oxygen atoms in total. The number of thiazole rings is 1. The lowest BCUT2D eigenvalue weighted by Crippen LogP contribution is -2.31. The summed E-state index contributed by atoms with van der Waals surface area (Å²) in [7, 11) is 1.58. The highest BCUT2D eigenvalue weighted by Gasteiger charge is 2.22. The number of amides is 1. The highest BCUT2D eigenvalue weighted by atomic mass is 79.9. The largest absolute Gasteiger partial charge is 0.496 e. The molecule has 0 radical (unpaired) electrons. The van der Waals surface area contributed by atoms with Crippen molar-refractivity contribution in [3.8, 4) is 5.75 Å².